The van der Waals surface area contributed by atoms with Crippen molar-refractivity contribution in [2.45, 2.75) is 65.3 Å². The molecule has 0 aromatic rings. The highest BCUT2D eigenvalue weighted by Gasteiger charge is 2.22. The summed E-state index contributed by atoms with van der Waals surface area (Å²) < 4.78 is 0. The molecule has 0 radical (unpaired) electrons. The molecule has 3 atom stereocenters. The van der Waals surface area contributed by atoms with Gasteiger partial charge in [-0.2, -0.15) is 0 Å². The molecule has 2 N–H and O–H groups in total. The van der Waals surface area contributed by atoms with Crippen LogP contribution < -0.4 is 10.6 Å². The Morgan fingerprint density at radius 3 is 2.72 bits per heavy atom. The van der Waals surface area contributed by atoms with Gasteiger partial charge in [-0.3, -0.25) is 4.79 Å². The molecule has 1 amide bonds. The van der Waals surface area contributed by atoms with Crippen molar-refractivity contribution in [2.75, 3.05) is 13.1 Å². The number of carbonyl (C=O) groups excluding carboxylic acids is 1. The third kappa shape index (κ3) is 5.85. The van der Waals surface area contributed by atoms with Crippen LogP contribution in [0.3, 0.4) is 0 Å². The van der Waals surface area contributed by atoms with Gasteiger partial charge in [0, 0.05) is 6.54 Å². The van der Waals surface area contributed by atoms with Crippen molar-refractivity contribution in [1.29, 1.82) is 0 Å². The third-order valence-corrected chi connectivity index (χ3v) is 3.99. The molecule has 1 fully saturated rings. The van der Waals surface area contributed by atoms with Crippen molar-refractivity contribution >= 4 is 5.91 Å². The van der Waals surface area contributed by atoms with Crippen LogP contribution in [0.25, 0.3) is 0 Å². The second-order valence-electron chi connectivity index (χ2n) is 5.91. The first-order chi connectivity index (χ1) is 8.63. The van der Waals surface area contributed by atoms with Crippen LogP contribution in [0.15, 0.2) is 0 Å². The fourth-order valence-electron chi connectivity index (χ4n) is 2.69. The van der Waals surface area contributed by atoms with Crippen molar-refractivity contribution in [2.24, 2.45) is 11.8 Å². The molecule has 0 bridgehead atoms. The molecule has 18 heavy (non-hydrogen) atoms. The third-order valence-electron chi connectivity index (χ3n) is 3.99. The van der Waals surface area contributed by atoms with Gasteiger partial charge in [0.25, 0.3) is 0 Å². The molecule has 0 spiro atoms. The van der Waals surface area contributed by atoms with Gasteiger partial charge in [-0.25, -0.2) is 0 Å². The molecule has 1 rings (SSSR count). The first-order valence-corrected chi connectivity index (χ1v) is 7.64. The molecule has 1 saturated carbocycles. The second-order valence-corrected chi connectivity index (χ2v) is 5.91. The Kier molecular flexibility index (Phi) is 7.33. The predicted molar refractivity (Wildman–Crippen MR) is 76.5 cm³/mol. The summed E-state index contributed by atoms with van der Waals surface area (Å²) in [4.78, 5) is 11.8. The quantitative estimate of drug-likeness (QED) is 0.654. The maximum absolute atomic E-state index is 11.8. The van der Waals surface area contributed by atoms with E-state index in [4.69, 9.17) is 0 Å². The molecular formula is C15H30N2O. The molecule has 1 aliphatic carbocycles. The normalized spacial score (nSPS) is 25.1. The molecule has 3 nitrogen and oxygen atoms in total. The summed E-state index contributed by atoms with van der Waals surface area (Å²) in [5.74, 6) is 1.79. The zero-order chi connectivity index (χ0) is 13.4. The topological polar surface area (TPSA) is 41.1 Å². The highest BCUT2D eigenvalue weighted by Crippen LogP contribution is 2.29. The SMILES string of the molecule is CCCCCNC(=O)C(C)NCC1CCC(C)C1. The van der Waals surface area contributed by atoms with E-state index in [0.717, 1.165) is 31.3 Å². The van der Waals surface area contributed by atoms with Gasteiger partial charge in [0.15, 0.2) is 0 Å². The fraction of sp³-hybridized carbons (Fsp3) is 0.933. The number of carbonyl (C=O) groups is 1. The number of rotatable bonds is 8. The molecule has 0 aliphatic heterocycles. The Hall–Kier alpha value is -0.570. The summed E-state index contributed by atoms with van der Waals surface area (Å²) in [6.07, 6.45) is 7.47. The van der Waals surface area contributed by atoms with Crippen LogP contribution in [0.2, 0.25) is 0 Å². The molecule has 0 heterocycles. The Morgan fingerprint density at radius 1 is 1.33 bits per heavy atom. The van der Waals surface area contributed by atoms with Crippen LogP contribution in [0.1, 0.15) is 59.3 Å². The average molecular weight is 254 g/mol. The Bertz CT molecular complexity index is 243. The van der Waals surface area contributed by atoms with Gasteiger partial charge in [0.2, 0.25) is 5.91 Å². The van der Waals surface area contributed by atoms with Crippen LogP contribution in [-0.4, -0.2) is 25.0 Å². The number of amides is 1. The van der Waals surface area contributed by atoms with E-state index in [2.05, 4.69) is 24.5 Å². The number of unbranched alkanes of at least 4 members (excludes halogenated alkanes) is 2. The summed E-state index contributed by atoms with van der Waals surface area (Å²) >= 11 is 0. The summed E-state index contributed by atoms with van der Waals surface area (Å²) in [5, 5.41) is 6.37. The van der Waals surface area contributed by atoms with E-state index in [9.17, 15) is 4.79 Å². The van der Waals surface area contributed by atoms with E-state index >= 15 is 0 Å². The molecule has 0 saturated heterocycles. The van der Waals surface area contributed by atoms with E-state index in [-0.39, 0.29) is 11.9 Å². The van der Waals surface area contributed by atoms with E-state index in [0.29, 0.717) is 0 Å². The predicted octanol–water partition coefficient (Wildman–Crippen LogP) is 2.71. The van der Waals surface area contributed by atoms with Gasteiger partial charge in [-0.15, -0.1) is 0 Å². The molecule has 0 aromatic heterocycles. The van der Waals surface area contributed by atoms with Crippen LogP contribution in [-0.2, 0) is 4.79 Å². The van der Waals surface area contributed by atoms with Crippen LogP contribution >= 0.6 is 0 Å². The van der Waals surface area contributed by atoms with Gasteiger partial charge in [-0.05, 0) is 44.6 Å². The van der Waals surface area contributed by atoms with Crippen LogP contribution in [0.4, 0.5) is 0 Å². The van der Waals surface area contributed by atoms with E-state index < -0.39 is 0 Å². The Morgan fingerprint density at radius 2 is 2.11 bits per heavy atom. The van der Waals surface area contributed by atoms with Gasteiger partial charge < -0.3 is 10.6 Å². The van der Waals surface area contributed by atoms with Crippen molar-refractivity contribution in [3.8, 4) is 0 Å². The van der Waals surface area contributed by atoms with E-state index in [1.54, 1.807) is 0 Å². The Labute approximate surface area is 112 Å². The first kappa shape index (κ1) is 15.5. The Balaban J connectivity index is 2.08. The molecule has 1 aliphatic rings. The van der Waals surface area contributed by atoms with Crippen molar-refractivity contribution in [3.63, 3.8) is 0 Å². The van der Waals surface area contributed by atoms with Gasteiger partial charge >= 0.3 is 0 Å². The first-order valence-electron chi connectivity index (χ1n) is 7.64. The summed E-state index contributed by atoms with van der Waals surface area (Å²) in [6.45, 7) is 8.28. The van der Waals surface area contributed by atoms with Crippen LogP contribution in [0, 0.1) is 11.8 Å². The number of nitrogens with one attached hydrogen (secondary N) is 2. The van der Waals surface area contributed by atoms with Crippen molar-refractivity contribution in [3.05, 3.63) is 0 Å². The average Bonchev–Trinajstić information content (AvgIpc) is 2.77. The van der Waals surface area contributed by atoms with Gasteiger partial charge in [0.1, 0.15) is 0 Å². The highest BCUT2D eigenvalue weighted by atomic mass is 16.2. The maximum atomic E-state index is 11.8. The molecule has 3 heteroatoms. The number of hydrogen-bond acceptors (Lipinski definition) is 2. The van der Waals surface area contributed by atoms with Gasteiger partial charge in [0.05, 0.1) is 6.04 Å². The molecule has 3 unspecified atom stereocenters. The summed E-state index contributed by atoms with van der Waals surface area (Å²) in [7, 11) is 0. The lowest BCUT2D eigenvalue weighted by molar-refractivity contribution is -0.122. The van der Waals surface area contributed by atoms with Gasteiger partial charge in [-0.1, -0.05) is 33.1 Å². The highest BCUT2D eigenvalue weighted by molar-refractivity contribution is 5.81. The molecule has 0 aromatic carbocycles. The molecular weight excluding hydrogens is 224 g/mol. The largest absolute Gasteiger partial charge is 0.355 e. The lowest BCUT2D eigenvalue weighted by Gasteiger charge is -2.17. The standard InChI is InChI=1S/C15H30N2O/c1-4-5-6-9-16-15(18)13(3)17-11-14-8-7-12(2)10-14/h12-14,17H,4-11H2,1-3H3,(H,16,18). The minimum atomic E-state index is -0.0532. The zero-order valence-corrected chi connectivity index (χ0v) is 12.3. The molecule has 106 valence electrons. The fourth-order valence-corrected chi connectivity index (χ4v) is 2.69. The van der Waals surface area contributed by atoms with Crippen LogP contribution in [0.5, 0.6) is 0 Å². The zero-order valence-electron chi connectivity index (χ0n) is 12.3. The smallest absolute Gasteiger partial charge is 0.236 e. The lowest BCUT2D eigenvalue weighted by Crippen LogP contribution is -2.43. The minimum Gasteiger partial charge on any atom is -0.355 e. The lowest BCUT2D eigenvalue weighted by atomic mass is 10.1. The maximum Gasteiger partial charge on any atom is 0.236 e. The minimum absolute atomic E-state index is 0.0532. The monoisotopic (exact) mass is 254 g/mol. The van der Waals surface area contributed by atoms with E-state index in [1.807, 2.05) is 6.92 Å². The summed E-state index contributed by atoms with van der Waals surface area (Å²) in [6, 6.07) is -0.0532. The van der Waals surface area contributed by atoms with Crippen molar-refractivity contribution < 1.29 is 4.79 Å². The second kappa shape index (κ2) is 8.52. The van der Waals surface area contributed by atoms with Crippen molar-refractivity contribution in [1.82, 2.24) is 10.6 Å². The number of hydrogen-bond donors (Lipinski definition) is 2. The summed E-state index contributed by atoms with van der Waals surface area (Å²) in [5.41, 5.74) is 0. The van der Waals surface area contributed by atoms with E-state index in [1.165, 1.54) is 32.1 Å².